The predicted molar refractivity (Wildman–Crippen MR) is 62.8 cm³/mol. The van der Waals surface area contributed by atoms with Crippen LogP contribution in [0, 0.1) is 0 Å². The summed E-state index contributed by atoms with van der Waals surface area (Å²) < 4.78 is 5.85. The summed E-state index contributed by atoms with van der Waals surface area (Å²) in [6, 6.07) is 4.01. The minimum atomic E-state index is -0.275. The molecule has 82 valence electrons. The zero-order valence-electron chi connectivity index (χ0n) is 9.54. The van der Waals surface area contributed by atoms with Crippen LogP contribution in [0.25, 0.3) is 6.08 Å². The SMILES string of the molecule is CC1(C)C=Cc2c(ccc3c2C(=O)CC3)O1. The molecule has 0 bridgehead atoms. The Bertz CT molecular complexity index is 510. The van der Waals surface area contributed by atoms with Gasteiger partial charge in [-0.1, -0.05) is 12.1 Å². The van der Waals surface area contributed by atoms with E-state index in [2.05, 4.69) is 0 Å². The van der Waals surface area contributed by atoms with Crippen molar-refractivity contribution in [2.45, 2.75) is 32.3 Å². The van der Waals surface area contributed by atoms with Gasteiger partial charge in [-0.25, -0.2) is 0 Å². The molecule has 1 aromatic rings. The molecular formula is C14H14O2. The molecule has 2 heteroatoms. The Morgan fingerprint density at radius 3 is 2.88 bits per heavy atom. The number of benzene rings is 1. The Kier molecular flexibility index (Phi) is 1.79. The van der Waals surface area contributed by atoms with Crippen LogP contribution >= 0.6 is 0 Å². The molecule has 1 aliphatic carbocycles. The van der Waals surface area contributed by atoms with Gasteiger partial charge in [-0.3, -0.25) is 4.79 Å². The minimum Gasteiger partial charge on any atom is -0.483 e. The van der Waals surface area contributed by atoms with Crippen LogP contribution in [0.4, 0.5) is 0 Å². The molecule has 2 nitrogen and oxygen atoms in total. The van der Waals surface area contributed by atoms with Crippen molar-refractivity contribution in [3.05, 3.63) is 34.9 Å². The lowest BCUT2D eigenvalue weighted by atomic mass is 9.96. The second-order valence-corrected chi connectivity index (χ2v) is 4.97. The number of ether oxygens (including phenoxy) is 1. The van der Waals surface area contributed by atoms with Crippen molar-refractivity contribution in [2.24, 2.45) is 0 Å². The van der Waals surface area contributed by atoms with Crippen LogP contribution in [0.3, 0.4) is 0 Å². The Morgan fingerprint density at radius 1 is 1.25 bits per heavy atom. The summed E-state index contributed by atoms with van der Waals surface area (Å²) in [4.78, 5) is 11.8. The molecule has 1 heterocycles. The summed E-state index contributed by atoms with van der Waals surface area (Å²) in [5.41, 5.74) is 2.74. The lowest BCUT2D eigenvalue weighted by molar-refractivity contribution is 0.0992. The van der Waals surface area contributed by atoms with Crippen LogP contribution in [0.15, 0.2) is 18.2 Å². The van der Waals surface area contributed by atoms with Crippen LogP contribution in [0.2, 0.25) is 0 Å². The number of hydrogen-bond acceptors (Lipinski definition) is 2. The van der Waals surface area contributed by atoms with E-state index in [0.29, 0.717) is 6.42 Å². The molecule has 0 spiro atoms. The van der Waals surface area contributed by atoms with Crippen molar-refractivity contribution < 1.29 is 9.53 Å². The van der Waals surface area contributed by atoms with E-state index in [9.17, 15) is 4.79 Å². The lowest BCUT2D eigenvalue weighted by Crippen LogP contribution is -2.28. The predicted octanol–water partition coefficient (Wildman–Crippen LogP) is 3.00. The summed E-state index contributed by atoms with van der Waals surface area (Å²) in [6.45, 7) is 4.03. The summed E-state index contributed by atoms with van der Waals surface area (Å²) >= 11 is 0. The van der Waals surface area contributed by atoms with E-state index in [4.69, 9.17) is 4.74 Å². The summed E-state index contributed by atoms with van der Waals surface area (Å²) in [5, 5.41) is 0. The molecule has 0 saturated heterocycles. The van der Waals surface area contributed by atoms with Gasteiger partial charge >= 0.3 is 0 Å². The fourth-order valence-corrected chi connectivity index (χ4v) is 2.41. The van der Waals surface area contributed by atoms with Gasteiger partial charge in [0.05, 0.1) is 0 Å². The molecule has 0 amide bonds. The van der Waals surface area contributed by atoms with E-state index < -0.39 is 0 Å². The van der Waals surface area contributed by atoms with E-state index in [1.54, 1.807) is 0 Å². The molecule has 3 rings (SSSR count). The van der Waals surface area contributed by atoms with Gasteiger partial charge in [0.2, 0.25) is 0 Å². The van der Waals surface area contributed by atoms with Gasteiger partial charge in [0.25, 0.3) is 0 Å². The molecule has 0 saturated carbocycles. The quantitative estimate of drug-likeness (QED) is 0.663. The van der Waals surface area contributed by atoms with Crippen molar-refractivity contribution in [1.29, 1.82) is 0 Å². The number of Topliss-reactive ketones (excluding diaryl/α,β-unsaturated/α-hetero) is 1. The Morgan fingerprint density at radius 2 is 2.06 bits per heavy atom. The highest BCUT2D eigenvalue weighted by molar-refractivity contribution is 6.04. The van der Waals surface area contributed by atoms with Gasteiger partial charge in [0.1, 0.15) is 11.4 Å². The maximum Gasteiger partial charge on any atom is 0.164 e. The highest BCUT2D eigenvalue weighted by Crippen LogP contribution is 2.37. The third-order valence-electron chi connectivity index (χ3n) is 3.22. The standard InChI is InChI=1S/C14H14O2/c1-14(2)8-7-10-12(16-14)6-4-9-3-5-11(15)13(9)10/h4,6-8H,3,5H2,1-2H3. The maximum atomic E-state index is 11.8. The third-order valence-corrected chi connectivity index (χ3v) is 3.22. The molecule has 0 aromatic heterocycles. The zero-order valence-corrected chi connectivity index (χ0v) is 9.54. The third kappa shape index (κ3) is 1.29. The smallest absolute Gasteiger partial charge is 0.164 e. The molecular weight excluding hydrogens is 200 g/mol. The van der Waals surface area contributed by atoms with Gasteiger partial charge in [-0.15, -0.1) is 0 Å². The Labute approximate surface area is 94.9 Å². The zero-order chi connectivity index (χ0) is 11.3. The van der Waals surface area contributed by atoms with Crippen LogP contribution in [0.1, 0.15) is 41.8 Å². The van der Waals surface area contributed by atoms with Crippen LogP contribution in [-0.4, -0.2) is 11.4 Å². The topological polar surface area (TPSA) is 26.3 Å². The lowest BCUT2D eigenvalue weighted by Gasteiger charge is -2.28. The highest BCUT2D eigenvalue weighted by Gasteiger charge is 2.29. The van der Waals surface area contributed by atoms with Crippen molar-refractivity contribution in [2.75, 3.05) is 0 Å². The first-order valence-corrected chi connectivity index (χ1v) is 5.64. The Balaban J connectivity index is 2.21. The molecule has 0 unspecified atom stereocenters. The molecule has 16 heavy (non-hydrogen) atoms. The van der Waals surface area contributed by atoms with Crippen molar-refractivity contribution in [3.8, 4) is 5.75 Å². The monoisotopic (exact) mass is 214 g/mol. The molecule has 2 aliphatic rings. The van der Waals surface area contributed by atoms with Crippen molar-refractivity contribution in [3.63, 3.8) is 0 Å². The van der Waals surface area contributed by atoms with Gasteiger partial charge in [0.15, 0.2) is 5.78 Å². The molecule has 0 fully saturated rings. The van der Waals surface area contributed by atoms with E-state index in [0.717, 1.165) is 28.9 Å². The first-order valence-electron chi connectivity index (χ1n) is 5.64. The minimum absolute atomic E-state index is 0.250. The summed E-state index contributed by atoms with van der Waals surface area (Å²) in [7, 11) is 0. The summed E-state index contributed by atoms with van der Waals surface area (Å²) in [5.74, 6) is 1.08. The largest absolute Gasteiger partial charge is 0.483 e. The number of aryl methyl sites for hydroxylation is 1. The van der Waals surface area contributed by atoms with Crippen molar-refractivity contribution >= 4 is 11.9 Å². The molecule has 0 radical (unpaired) electrons. The second-order valence-electron chi connectivity index (χ2n) is 4.97. The Hall–Kier alpha value is -1.57. The maximum absolute atomic E-state index is 11.8. The van der Waals surface area contributed by atoms with Crippen molar-refractivity contribution in [1.82, 2.24) is 0 Å². The van der Waals surface area contributed by atoms with Crippen LogP contribution in [0.5, 0.6) is 5.75 Å². The fraction of sp³-hybridized carbons (Fsp3) is 0.357. The number of hydrogen-bond donors (Lipinski definition) is 0. The van der Waals surface area contributed by atoms with E-state index >= 15 is 0 Å². The van der Waals surface area contributed by atoms with Gasteiger partial charge < -0.3 is 4.74 Å². The number of rotatable bonds is 0. The average molecular weight is 214 g/mol. The van der Waals surface area contributed by atoms with Gasteiger partial charge in [-0.05, 0) is 38.0 Å². The highest BCUT2D eigenvalue weighted by atomic mass is 16.5. The van der Waals surface area contributed by atoms with Crippen LogP contribution < -0.4 is 4.74 Å². The first kappa shape index (κ1) is 9.64. The van der Waals surface area contributed by atoms with Gasteiger partial charge in [-0.2, -0.15) is 0 Å². The fourth-order valence-electron chi connectivity index (χ4n) is 2.41. The number of ketones is 1. The van der Waals surface area contributed by atoms with E-state index in [1.165, 1.54) is 0 Å². The molecule has 1 aromatic carbocycles. The molecule has 0 N–H and O–H groups in total. The van der Waals surface area contributed by atoms with Gasteiger partial charge in [0, 0.05) is 17.5 Å². The number of carbonyl (C=O) groups is 1. The first-order chi connectivity index (χ1) is 7.57. The van der Waals surface area contributed by atoms with E-state index in [1.807, 2.05) is 38.1 Å². The normalized spacial score (nSPS) is 20.2. The molecule has 0 atom stereocenters. The summed E-state index contributed by atoms with van der Waals surface area (Å²) in [6.07, 6.45) is 5.56. The molecule has 1 aliphatic heterocycles. The number of fused-ring (bicyclic) bond motifs is 3. The average Bonchev–Trinajstić information content (AvgIpc) is 2.59. The van der Waals surface area contributed by atoms with E-state index in [-0.39, 0.29) is 11.4 Å². The number of carbonyl (C=O) groups excluding carboxylic acids is 1. The van der Waals surface area contributed by atoms with Crippen LogP contribution in [-0.2, 0) is 6.42 Å². The second kappa shape index (κ2) is 2.97.